The van der Waals surface area contributed by atoms with E-state index in [4.69, 9.17) is 4.74 Å². The minimum absolute atomic E-state index is 0.377. The maximum Gasteiger partial charge on any atom is 0.344 e. The highest BCUT2D eigenvalue weighted by molar-refractivity contribution is 5.90. The van der Waals surface area contributed by atoms with Gasteiger partial charge < -0.3 is 4.74 Å². The van der Waals surface area contributed by atoms with Crippen LogP contribution in [0.1, 0.15) is 43.5 Å². The molecule has 1 aromatic carbocycles. The molecule has 22 heavy (non-hydrogen) atoms. The highest BCUT2D eigenvalue weighted by Crippen LogP contribution is 2.24. The Morgan fingerprint density at radius 2 is 1.55 bits per heavy atom. The summed E-state index contributed by atoms with van der Waals surface area (Å²) in [5.74, 6) is -12.7. The molecule has 0 bridgehead atoms. The summed E-state index contributed by atoms with van der Waals surface area (Å²) in [7, 11) is 0. The summed E-state index contributed by atoms with van der Waals surface area (Å²) < 4.78 is 70.9. The minimum atomic E-state index is -2.32. The largest absolute Gasteiger partial charge is 0.454 e. The van der Waals surface area contributed by atoms with Crippen molar-refractivity contribution in [3.8, 4) is 0 Å². The zero-order chi connectivity index (χ0) is 16.9. The van der Waals surface area contributed by atoms with E-state index in [0.717, 1.165) is 6.42 Å². The molecule has 0 N–H and O–H groups in total. The van der Waals surface area contributed by atoms with Gasteiger partial charge in [0.25, 0.3) is 0 Å². The van der Waals surface area contributed by atoms with Crippen LogP contribution < -0.4 is 0 Å². The third-order valence-electron chi connectivity index (χ3n) is 2.92. The number of carbonyl (C=O) groups is 1. The van der Waals surface area contributed by atoms with Crippen LogP contribution in [0.3, 0.4) is 0 Å². The highest BCUT2D eigenvalue weighted by Gasteiger charge is 2.31. The molecule has 0 saturated carbocycles. The van der Waals surface area contributed by atoms with Gasteiger partial charge in [-0.1, -0.05) is 19.4 Å². The number of rotatable bonds is 6. The lowest BCUT2D eigenvalue weighted by Gasteiger charge is -2.15. The minimum Gasteiger partial charge on any atom is -0.454 e. The zero-order valence-corrected chi connectivity index (χ0v) is 12.1. The van der Waals surface area contributed by atoms with E-state index in [1.165, 1.54) is 6.08 Å². The molecule has 0 amide bonds. The topological polar surface area (TPSA) is 26.3 Å². The van der Waals surface area contributed by atoms with Gasteiger partial charge in [0.15, 0.2) is 23.3 Å². The second-order valence-electron chi connectivity index (χ2n) is 4.56. The second-order valence-corrected chi connectivity index (χ2v) is 4.56. The molecular weight excluding hydrogens is 307 g/mol. The molecular formula is C15H15F5O2. The van der Waals surface area contributed by atoms with Crippen LogP contribution in [0.15, 0.2) is 12.2 Å². The maximum atomic E-state index is 13.5. The molecule has 1 atom stereocenters. The molecule has 2 nitrogen and oxygen atoms in total. The lowest BCUT2D eigenvalue weighted by Crippen LogP contribution is -2.20. The molecule has 0 radical (unpaired) electrons. The van der Waals surface area contributed by atoms with Gasteiger partial charge >= 0.3 is 5.97 Å². The van der Waals surface area contributed by atoms with Crippen molar-refractivity contribution in [2.24, 2.45) is 0 Å². The Morgan fingerprint density at radius 1 is 1.05 bits per heavy atom. The molecule has 1 unspecified atom stereocenters. The molecule has 0 aliphatic carbocycles. The Bertz CT molecular complexity index is 555. The predicted octanol–water partition coefficient (Wildman–Crippen LogP) is 4.67. The van der Waals surface area contributed by atoms with Crippen molar-refractivity contribution in [3.63, 3.8) is 0 Å². The molecule has 0 fully saturated rings. The Labute approximate surface area is 124 Å². The van der Waals surface area contributed by atoms with Crippen molar-refractivity contribution in [1.29, 1.82) is 0 Å². The first kappa shape index (κ1) is 18.1. The van der Waals surface area contributed by atoms with Crippen LogP contribution in [0.4, 0.5) is 22.0 Å². The number of allylic oxidation sites excluding steroid dienone is 1. The van der Waals surface area contributed by atoms with Crippen LogP contribution in [-0.2, 0) is 4.74 Å². The lowest BCUT2D eigenvalue weighted by atomic mass is 10.1. The first-order valence-corrected chi connectivity index (χ1v) is 6.70. The van der Waals surface area contributed by atoms with Gasteiger partial charge in [0.1, 0.15) is 11.7 Å². The van der Waals surface area contributed by atoms with Crippen LogP contribution in [0.2, 0.25) is 0 Å². The van der Waals surface area contributed by atoms with Gasteiger partial charge in [-0.3, -0.25) is 0 Å². The average molecular weight is 322 g/mol. The van der Waals surface area contributed by atoms with Crippen LogP contribution >= 0.6 is 0 Å². The summed E-state index contributed by atoms with van der Waals surface area (Å²) in [6.07, 6.45) is 4.06. The Hall–Kier alpha value is -1.92. The van der Waals surface area contributed by atoms with Gasteiger partial charge in [-0.2, -0.15) is 0 Å². The number of hydrogen-bond donors (Lipinski definition) is 0. The van der Waals surface area contributed by atoms with E-state index in [9.17, 15) is 26.7 Å². The molecule has 0 heterocycles. The Morgan fingerprint density at radius 3 is 2.00 bits per heavy atom. The number of carbonyl (C=O) groups excluding carboxylic acids is 1. The monoisotopic (exact) mass is 322 g/mol. The smallest absolute Gasteiger partial charge is 0.344 e. The summed E-state index contributed by atoms with van der Waals surface area (Å²) in [5.41, 5.74) is -1.58. The number of unbranched alkanes of at least 4 members (excludes halogenated alkanes) is 1. The van der Waals surface area contributed by atoms with Crippen LogP contribution in [0.25, 0.3) is 0 Å². The van der Waals surface area contributed by atoms with E-state index >= 15 is 0 Å². The molecule has 1 aromatic rings. The van der Waals surface area contributed by atoms with Gasteiger partial charge in [0.05, 0.1) is 0 Å². The first-order chi connectivity index (χ1) is 10.3. The molecule has 0 aliphatic heterocycles. The second kappa shape index (κ2) is 7.91. The molecule has 122 valence electrons. The van der Waals surface area contributed by atoms with Crippen molar-refractivity contribution in [1.82, 2.24) is 0 Å². The molecule has 0 saturated heterocycles. The summed E-state index contributed by atoms with van der Waals surface area (Å²) in [4.78, 5) is 11.8. The number of hydrogen-bond acceptors (Lipinski definition) is 2. The standard InChI is InChI=1S/C15H15F5O2/c1-3-5-7-8(6-4-2)22-15(21)9-10(16)12(18)14(20)13(19)11(9)17/h4,6,8H,3,5,7H2,1-2H3/b6-4-. The van der Waals surface area contributed by atoms with Crippen molar-refractivity contribution >= 4 is 5.97 Å². The third-order valence-corrected chi connectivity index (χ3v) is 2.92. The quantitative estimate of drug-likeness (QED) is 0.250. The Balaban J connectivity index is 3.12. The van der Waals surface area contributed by atoms with Crippen molar-refractivity contribution < 1.29 is 31.5 Å². The molecule has 0 aromatic heterocycles. The van der Waals surface area contributed by atoms with E-state index in [0.29, 0.717) is 12.8 Å². The SMILES string of the molecule is C/C=C\C(CCCC)OC(=O)c1c(F)c(F)c(F)c(F)c1F. The summed E-state index contributed by atoms with van der Waals surface area (Å²) in [5, 5.41) is 0. The maximum absolute atomic E-state index is 13.5. The summed E-state index contributed by atoms with van der Waals surface area (Å²) >= 11 is 0. The summed E-state index contributed by atoms with van der Waals surface area (Å²) in [6.45, 7) is 3.53. The first-order valence-electron chi connectivity index (χ1n) is 6.70. The van der Waals surface area contributed by atoms with E-state index in [1.807, 2.05) is 6.92 Å². The van der Waals surface area contributed by atoms with Gasteiger partial charge in [-0.05, 0) is 25.8 Å². The average Bonchev–Trinajstić information content (AvgIpc) is 2.49. The zero-order valence-electron chi connectivity index (χ0n) is 12.1. The van der Waals surface area contributed by atoms with Crippen molar-refractivity contribution in [2.75, 3.05) is 0 Å². The van der Waals surface area contributed by atoms with Crippen molar-refractivity contribution in [3.05, 3.63) is 46.8 Å². The predicted molar refractivity (Wildman–Crippen MR) is 69.8 cm³/mol. The van der Waals surface area contributed by atoms with Crippen LogP contribution in [0.5, 0.6) is 0 Å². The number of ether oxygens (including phenoxy) is 1. The normalized spacial score (nSPS) is 12.7. The Kier molecular flexibility index (Phi) is 6.52. The number of halogens is 5. The fourth-order valence-electron chi connectivity index (χ4n) is 1.79. The molecule has 1 rings (SSSR count). The fourth-order valence-corrected chi connectivity index (χ4v) is 1.79. The number of esters is 1. The van der Waals surface area contributed by atoms with Crippen LogP contribution in [-0.4, -0.2) is 12.1 Å². The van der Waals surface area contributed by atoms with E-state index in [1.54, 1.807) is 13.0 Å². The third kappa shape index (κ3) is 3.84. The van der Waals surface area contributed by atoms with Crippen LogP contribution in [0, 0.1) is 29.1 Å². The van der Waals surface area contributed by atoms with Gasteiger partial charge in [-0.15, -0.1) is 0 Å². The molecule has 0 spiro atoms. The van der Waals surface area contributed by atoms with E-state index < -0.39 is 46.7 Å². The van der Waals surface area contributed by atoms with Gasteiger partial charge in [0, 0.05) is 0 Å². The lowest BCUT2D eigenvalue weighted by molar-refractivity contribution is 0.0362. The molecule has 0 aliphatic rings. The highest BCUT2D eigenvalue weighted by atomic mass is 19.2. The summed E-state index contributed by atoms with van der Waals surface area (Å²) in [6, 6.07) is 0. The van der Waals surface area contributed by atoms with Gasteiger partial charge in [-0.25, -0.2) is 26.7 Å². The van der Waals surface area contributed by atoms with E-state index in [-0.39, 0.29) is 0 Å². The van der Waals surface area contributed by atoms with E-state index in [2.05, 4.69) is 0 Å². The van der Waals surface area contributed by atoms with Crippen molar-refractivity contribution in [2.45, 2.75) is 39.2 Å². The number of benzene rings is 1. The fraction of sp³-hybridized carbons (Fsp3) is 0.400. The molecule has 7 heteroatoms. The van der Waals surface area contributed by atoms with Gasteiger partial charge in [0.2, 0.25) is 5.82 Å².